The fraction of sp³-hybridized carbons (Fsp3) is 0.458. The lowest BCUT2D eigenvalue weighted by Gasteiger charge is -2.39. The summed E-state index contributed by atoms with van der Waals surface area (Å²) in [5, 5.41) is 4.21. The van der Waals surface area contributed by atoms with Gasteiger partial charge in [-0.05, 0) is 44.0 Å². The standard InChI is InChI=1S/C24H27F4N5O6S/c1-12-8-15(4-5-16(12)25)30-21(34)19-20-18(10-32(19)3)40(37,38)31-17-6-7-33(9-14(17)11-39-20)23(36)22(35)29-13(2)24(26,27)28/h4-5,8,10,13-14,17,31H,6-7,9,11H2,1-3H3,(H,29,35)(H,30,34)/t13-,14-,17-/m1/s1. The minimum atomic E-state index is -4.73. The van der Waals surface area contributed by atoms with Crippen molar-refractivity contribution in [1.82, 2.24) is 19.5 Å². The highest BCUT2D eigenvalue weighted by atomic mass is 32.2. The Morgan fingerprint density at radius 1 is 1.23 bits per heavy atom. The number of alkyl halides is 3. The number of halogens is 4. The van der Waals surface area contributed by atoms with E-state index >= 15 is 0 Å². The summed E-state index contributed by atoms with van der Waals surface area (Å²) in [5.41, 5.74) is 0.419. The van der Waals surface area contributed by atoms with Crippen LogP contribution in [0.3, 0.4) is 0 Å². The van der Waals surface area contributed by atoms with Gasteiger partial charge in [0.15, 0.2) is 11.4 Å². The highest BCUT2D eigenvalue weighted by Gasteiger charge is 2.42. The molecule has 1 saturated heterocycles. The topological polar surface area (TPSA) is 139 Å². The monoisotopic (exact) mass is 589 g/mol. The summed E-state index contributed by atoms with van der Waals surface area (Å²) in [6.45, 7) is 1.78. The number of benzene rings is 1. The Labute approximate surface area is 226 Å². The van der Waals surface area contributed by atoms with Crippen LogP contribution < -0.4 is 20.1 Å². The summed E-state index contributed by atoms with van der Waals surface area (Å²) in [6.07, 6.45) is -3.45. The molecule has 1 aromatic heterocycles. The Morgan fingerprint density at radius 2 is 1.93 bits per heavy atom. The van der Waals surface area contributed by atoms with Crippen LogP contribution in [-0.2, 0) is 26.7 Å². The van der Waals surface area contributed by atoms with Crippen LogP contribution in [0.5, 0.6) is 5.75 Å². The van der Waals surface area contributed by atoms with E-state index in [0.717, 1.165) is 4.90 Å². The van der Waals surface area contributed by atoms with Crippen LogP contribution in [0.1, 0.15) is 29.4 Å². The van der Waals surface area contributed by atoms with Crippen molar-refractivity contribution < 1.29 is 45.1 Å². The molecule has 3 atom stereocenters. The number of aromatic nitrogens is 1. The van der Waals surface area contributed by atoms with Gasteiger partial charge >= 0.3 is 18.0 Å². The first-order valence-corrected chi connectivity index (χ1v) is 13.6. The molecule has 1 fully saturated rings. The molecule has 0 spiro atoms. The van der Waals surface area contributed by atoms with Crippen molar-refractivity contribution in [3.63, 3.8) is 0 Å². The van der Waals surface area contributed by atoms with Gasteiger partial charge in [0.25, 0.3) is 5.91 Å². The molecule has 16 heteroatoms. The fourth-order valence-electron chi connectivity index (χ4n) is 4.56. The normalized spacial score (nSPS) is 21.1. The summed E-state index contributed by atoms with van der Waals surface area (Å²) in [6, 6.07) is 0.974. The minimum Gasteiger partial charge on any atom is -0.489 e. The van der Waals surface area contributed by atoms with Crippen molar-refractivity contribution in [2.45, 2.75) is 43.4 Å². The van der Waals surface area contributed by atoms with E-state index in [9.17, 15) is 40.4 Å². The van der Waals surface area contributed by atoms with E-state index in [1.165, 1.54) is 42.9 Å². The quantitative estimate of drug-likeness (QED) is 0.368. The largest absolute Gasteiger partial charge is 0.489 e. The van der Waals surface area contributed by atoms with Crippen molar-refractivity contribution in [3.8, 4) is 5.75 Å². The number of rotatable bonds is 3. The van der Waals surface area contributed by atoms with Gasteiger partial charge in [0.2, 0.25) is 10.0 Å². The SMILES string of the molecule is Cc1cc(NC(=O)c2c3c(cn2C)S(=O)(=O)N[C@@H]2CCN(C(=O)C(=O)N[C@H](C)C(F)(F)F)C[C@@H]2CO3)ccc1F. The fourth-order valence-corrected chi connectivity index (χ4v) is 6.09. The van der Waals surface area contributed by atoms with Crippen molar-refractivity contribution in [2.24, 2.45) is 13.0 Å². The Kier molecular flexibility index (Phi) is 7.86. The van der Waals surface area contributed by atoms with Crippen LogP contribution in [0.2, 0.25) is 0 Å². The zero-order valence-corrected chi connectivity index (χ0v) is 22.5. The van der Waals surface area contributed by atoms with E-state index in [1.807, 2.05) is 0 Å². The highest BCUT2D eigenvalue weighted by Crippen LogP contribution is 2.35. The maximum absolute atomic E-state index is 13.6. The van der Waals surface area contributed by atoms with E-state index < -0.39 is 57.7 Å². The van der Waals surface area contributed by atoms with E-state index in [4.69, 9.17) is 4.74 Å². The number of likely N-dealkylation sites (tertiary alicyclic amines) is 1. The van der Waals surface area contributed by atoms with Crippen LogP contribution in [0.15, 0.2) is 29.3 Å². The van der Waals surface area contributed by atoms with Gasteiger partial charge in [-0.3, -0.25) is 14.4 Å². The van der Waals surface area contributed by atoms with Crippen LogP contribution in [0, 0.1) is 18.7 Å². The van der Waals surface area contributed by atoms with Crippen molar-refractivity contribution in [2.75, 3.05) is 25.0 Å². The number of hydrogen-bond donors (Lipinski definition) is 3. The maximum atomic E-state index is 13.6. The third-order valence-corrected chi connectivity index (χ3v) is 8.31. The molecule has 0 saturated carbocycles. The Bertz CT molecular complexity index is 1460. The Morgan fingerprint density at radius 3 is 2.58 bits per heavy atom. The molecule has 40 heavy (non-hydrogen) atoms. The second kappa shape index (κ2) is 10.7. The summed E-state index contributed by atoms with van der Waals surface area (Å²) >= 11 is 0. The number of piperidine rings is 1. The third kappa shape index (κ3) is 5.91. The lowest BCUT2D eigenvalue weighted by Crippen LogP contribution is -2.57. The van der Waals surface area contributed by atoms with Gasteiger partial charge in [-0.1, -0.05) is 0 Å². The average Bonchev–Trinajstić information content (AvgIpc) is 3.20. The summed E-state index contributed by atoms with van der Waals surface area (Å²) < 4.78 is 88.1. The number of carbonyl (C=O) groups excluding carboxylic acids is 3. The second-order valence-corrected chi connectivity index (χ2v) is 11.5. The van der Waals surface area contributed by atoms with Gasteiger partial charge in [-0.25, -0.2) is 17.5 Å². The summed E-state index contributed by atoms with van der Waals surface area (Å²) in [7, 11) is -2.77. The molecule has 11 nitrogen and oxygen atoms in total. The van der Waals surface area contributed by atoms with Gasteiger partial charge in [0.1, 0.15) is 16.8 Å². The van der Waals surface area contributed by atoms with Crippen molar-refractivity contribution in [3.05, 3.63) is 41.5 Å². The molecule has 2 aromatic rings. The van der Waals surface area contributed by atoms with E-state index in [1.54, 1.807) is 5.32 Å². The van der Waals surface area contributed by atoms with Crippen LogP contribution in [-0.4, -0.2) is 73.6 Å². The molecule has 1 aromatic carbocycles. The molecule has 0 unspecified atom stereocenters. The first kappa shape index (κ1) is 29.3. The molecule has 4 rings (SSSR count). The molecular weight excluding hydrogens is 562 g/mol. The number of hydrogen-bond acceptors (Lipinski definition) is 6. The number of amides is 3. The zero-order valence-electron chi connectivity index (χ0n) is 21.6. The Balaban J connectivity index is 1.54. The van der Waals surface area contributed by atoms with Gasteiger partial charge in [-0.2, -0.15) is 13.2 Å². The lowest BCUT2D eigenvalue weighted by atomic mass is 9.93. The first-order valence-electron chi connectivity index (χ1n) is 12.2. The predicted octanol–water partition coefficient (Wildman–Crippen LogP) is 1.68. The van der Waals surface area contributed by atoms with Crippen molar-refractivity contribution in [1.29, 1.82) is 0 Å². The van der Waals surface area contributed by atoms with Crippen molar-refractivity contribution >= 4 is 33.4 Å². The van der Waals surface area contributed by atoms with E-state index in [2.05, 4.69) is 10.0 Å². The van der Waals surface area contributed by atoms with Gasteiger partial charge < -0.3 is 24.8 Å². The zero-order chi connectivity index (χ0) is 29.6. The number of ether oxygens (including phenoxy) is 1. The molecule has 218 valence electrons. The molecule has 0 bridgehead atoms. The average molecular weight is 590 g/mol. The van der Waals surface area contributed by atoms with E-state index in [-0.39, 0.29) is 53.7 Å². The number of nitrogens with one attached hydrogen (secondary N) is 3. The second-order valence-electron chi connectivity index (χ2n) is 9.78. The molecule has 3 amide bonds. The molecule has 2 aliphatic rings. The number of nitrogens with zero attached hydrogens (tertiary/aromatic N) is 2. The summed E-state index contributed by atoms with van der Waals surface area (Å²) in [4.78, 5) is 38.6. The summed E-state index contributed by atoms with van der Waals surface area (Å²) in [5.74, 6) is -4.75. The number of fused-ring (bicyclic) bond motifs is 2. The number of sulfonamides is 1. The van der Waals surface area contributed by atoms with Gasteiger partial charge in [-0.15, -0.1) is 0 Å². The predicted molar refractivity (Wildman–Crippen MR) is 132 cm³/mol. The molecular formula is C24H27F4N5O6S. The number of carbonyl (C=O) groups is 3. The minimum absolute atomic E-state index is 0.0700. The van der Waals surface area contributed by atoms with Crippen LogP contribution in [0.4, 0.5) is 23.2 Å². The molecule has 2 aliphatic heterocycles. The molecule has 3 N–H and O–H groups in total. The van der Waals surface area contributed by atoms with Gasteiger partial charge in [0.05, 0.1) is 6.61 Å². The molecule has 0 radical (unpaired) electrons. The Hall–Kier alpha value is -3.66. The lowest BCUT2D eigenvalue weighted by molar-refractivity contribution is -0.162. The van der Waals surface area contributed by atoms with E-state index in [0.29, 0.717) is 6.92 Å². The van der Waals surface area contributed by atoms with Crippen LogP contribution in [0.25, 0.3) is 0 Å². The van der Waals surface area contributed by atoms with Crippen LogP contribution >= 0.6 is 0 Å². The number of aryl methyl sites for hydroxylation is 2. The smallest absolute Gasteiger partial charge is 0.408 e. The highest BCUT2D eigenvalue weighted by molar-refractivity contribution is 7.89. The number of anilines is 1. The van der Waals surface area contributed by atoms with Gasteiger partial charge in [0, 0.05) is 44.0 Å². The maximum Gasteiger partial charge on any atom is 0.408 e. The first-order chi connectivity index (χ1) is 18.6. The molecule has 3 heterocycles. The molecule has 0 aliphatic carbocycles. The third-order valence-electron chi connectivity index (χ3n) is 6.83.